The minimum atomic E-state index is -0.807. The van der Waals surface area contributed by atoms with E-state index in [-0.39, 0.29) is 6.42 Å². The number of hydrogen-bond donors (Lipinski definition) is 2. The van der Waals surface area contributed by atoms with Gasteiger partial charge in [-0.15, -0.1) is 0 Å². The first-order valence-corrected chi connectivity index (χ1v) is 3.56. The second kappa shape index (κ2) is 3.23. The Morgan fingerprint density at radius 2 is 2.45 bits per heavy atom. The van der Waals surface area contributed by atoms with E-state index in [1.54, 1.807) is 6.08 Å². The molecule has 0 aromatic heterocycles. The monoisotopic (exact) mass is 153 g/mol. The van der Waals surface area contributed by atoms with Crippen LogP contribution in [0.25, 0.3) is 0 Å². The molecule has 0 bridgehead atoms. The Labute approximate surface area is 65.2 Å². The van der Waals surface area contributed by atoms with Crippen molar-refractivity contribution in [2.75, 3.05) is 0 Å². The fraction of sp³-hybridized carbons (Fsp3) is 0.375. The van der Waals surface area contributed by atoms with E-state index in [0.717, 1.165) is 18.4 Å². The van der Waals surface area contributed by atoms with Crippen LogP contribution in [0.2, 0.25) is 0 Å². The summed E-state index contributed by atoms with van der Waals surface area (Å²) in [6.45, 7) is 0. The molecule has 0 aliphatic heterocycles. The minimum Gasteiger partial charge on any atom is -0.481 e. The Kier molecular flexibility index (Phi) is 2.31. The lowest BCUT2D eigenvalue weighted by atomic mass is 10.00. The maximum Gasteiger partial charge on any atom is 0.307 e. The summed E-state index contributed by atoms with van der Waals surface area (Å²) in [4.78, 5) is 10.3. The van der Waals surface area contributed by atoms with E-state index in [0.29, 0.717) is 5.70 Å². The van der Waals surface area contributed by atoms with Crippen molar-refractivity contribution in [3.8, 4) is 0 Å². The average Bonchev–Trinajstić information content (AvgIpc) is 1.93. The van der Waals surface area contributed by atoms with Crippen LogP contribution in [0.4, 0.5) is 0 Å². The molecule has 0 aromatic carbocycles. The minimum absolute atomic E-state index is 0.0795. The molecule has 0 unspecified atom stereocenters. The van der Waals surface area contributed by atoms with Gasteiger partial charge in [-0.05, 0) is 24.5 Å². The third-order valence-corrected chi connectivity index (χ3v) is 1.68. The topological polar surface area (TPSA) is 63.3 Å². The Morgan fingerprint density at radius 3 is 3.00 bits per heavy atom. The molecule has 0 heterocycles. The zero-order valence-electron chi connectivity index (χ0n) is 6.21. The van der Waals surface area contributed by atoms with Gasteiger partial charge in [0.15, 0.2) is 0 Å². The smallest absolute Gasteiger partial charge is 0.307 e. The van der Waals surface area contributed by atoms with Crippen molar-refractivity contribution in [2.45, 2.75) is 19.3 Å². The normalized spacial score (nSPS) is 17.1. The number of carboxylic acids is 1. The van der Waals surface area contributed by atoms with E-state index in [1.165, 1.54) is 0 Å². The molecule has 3 N–H and O–H groups in total. The van der Waals surface area contributed by atoms with Gasteiger partial charge in [0.2, 0.25) is 0 Å². The second-order valence-electron chi connectivity index (χ2n) is 2.57. The Morgan fingerprint density at radius 1 is 1.73 bits per heavy atom. The molecule has 0 amide bonds. The van der Waals surface area contributed by atoms with Crippen LogP contribution >= 0.6 is 0 Å². The summed E-state index contributed by atoms with van der Waals surface area (Å²) >= 11 is 0. The largest absolute Gasteiger partial charge is 0.481 e. The van der Waals surface area contributed by atoms with Crippen molar-refractivity contribution < 1.29 is 9.90 Å². The number of carbonyl (C=O) groups is 1. The van der Waals surface area contributed by atoms with Crippen molar-refractivity contribution >= 4 is 5.97 Å². The molecule has 3 nitrogen and oxygen atoms in total. The van der Waals surface area contributed by atoms with Crippen LogP contribution in [-0.4, -0.2) is 11.1 Å². The number of nitrogens with two attached hydrogens (primary N) is 1. The lowest BCUT2D eigenvalue weighted by Crippen LogP contribution is -2.07. The zero-order valence-corrected chi connectivity index (χ0v) is 6.21. The van der Waals surface area contributed by atoms with Crippen LogP contribution in [0.5, 0.6) is 0 Å². The summed E-state index contributed by atoms with van der Waals surface area (Å²) in [6.07, 6.45) is 5.51. The van der Waals surface area contributed by atoms with Crippen molar-refractivity contribution in [1.29, 1.82) is 0 Å². The lowest BCUT2D eigenvalue weighted by molar-refractivity contribution is -0.136. The molecule has 3 heteroatoms. The first-order valence-electron chi connectivity index (χ1n) is 3.56. The lowest BCUT2D eigenvalue weighted by Gasteiger charge is -2.09. The summed E-state index contributed by atoms with van der Waals surface area (Å²) < 4.78 is 0. The van der Waals surface area contributed by atoms with Crippen molar-refractivity contribution in [3.63, 3.8) is 0 Å². The highest BCUT2D eigenvalue weighted by Gasteiger charge is 2.08. The molecule has 0 saturated carbocycles. The van der Waals surface area contributed by atoms with E-state index in [4.69, 9.17) is 10.8 Å². The van der Waals surface area contributed by atoms with Crippen LogP contribution in [0.3, 0.4) is 0 Å². The molecule has 0 fully saturated rings. The van der Waals surface area contributed by atoms with E-state index in [1.807, 2.05) is 6.08 Å². The Balaban J connectivity index is 2.67. The third kappa shape index (κ3) is 2.11. The van der Waals surface area contributed by atoms with Gasteiger partial charge in [-0.25, -0.2) is 0 Å². The van der Waals surface area contributed by atoms with E-state index >= 15 is 0 Å². The highest BCUT2D eigenvalue weighted by Crippen LogP contribution is 2.18. The predicted octanol–water partition coefficient (Wildman–Crippen LogP) is 1.02. The van der Waals surface area contributed by atoms with Crippen LogP contribution in [0.15, 0.2) is 23.4 Å². The summed E-state index contributed by atoms with van der Waals surface area (Å²) in [5.74, 6) is -0.807. The van der Waals surface area contributed by atoms with Gasteiger partial charge in [-0.1, -0.05) is 6.08 Å². The van der Waals surface area contributed by atoms with Crippen molar-refractivity contribution in [3.05, 3.63) is 23.4 Å². The SMILES string of the molecule is NC1=C(CC(=O)O)CCC=C1. The van der Waals surface area contributed by atoms with Crippen LogP contribution in [0, 0.1) is 0 Å². The average molecular weight is 153 g/mol. The maximum atomic E-state index is 10.3. The molecule has 11 heavy (non-hydrogen) atoms. The van der Waals surface area contributed by atoms with Crippen molar-refractivity contribution in [1.82, 2.24) is 0 Å². The van der Waals surface area contributed by atoms with Gasteiger partial charge in [-0.3, -0.25) is 4.79 Å². The zero-order chi connectivity index (χ0) is 8.27. The predicted molar refractivity (Wildman–Crippen MR) is 41.8 cm³/mol. The number of aliphatic carboxylic acids is 1. The molecule has 1 aliphatic carbocycles. The molecule has 0 spiro atoms. The molecule has 1 aliphatic rings. The van der Waals surface area contributed by atoms with Gasteiger partial charge in [0.05, 0.1) is 6.42 Å². The molecule has 1 rings (SSSR count). The van der Waals surface area contributed by atoms with Gasteiger partial charge >= 0.3 is 5.97 Å². The third-order valence-electron chi connectivity index (χ3n) is 1.68. The molecular formula is C8H11NO2. The summed E-state index contributed by atoms with van der Waals surface area (Å²) in [5.41, 5.74) is 7.03. The van der Waals surface area contributed by atoms with Crippen molar-refractivity contribution in [2.24, 2.45) is 5.73 Å². The second-order valence-corrected chi connectivity index (χ2v) is 2.57. The summed E-state index contributed by atoms with van der Waals surface area (Å²) in [5, 5.41) is 8.47. The van der Waals surface area contributed by atoms with Crippen LogP contribution < -0.4 is 5.73 Å². The molecule has 0 aromatic rings. The molecule has 0 saturated heterocycles. The number of allylic oxidation sites excluding steroid dienone is 2. The molecule has 60 valence electrons. The van der Waals surface area contributed by atoms with Gasteiger partial charge in [-0.2, -0.15) is 0 Å². The van der Waals surface area contributed by atoms with Crippen LogP contribution in [0.1, 0.15) is 19.3 Å². The van der Waals surface area contributed by atoms with Gasteiger partial charge in [0.25, 0.3) is 0 Å². The van der Waals surface area contributed by atoms with E-state index in [2.05, 4.69) is 0 Å². The maximum absolute atomic E-state index is 10.3. The Bertz CT molecular complexity index is 228. The van der Waals surface area contributed by atoms with Gasteiger partial charge < -0.3 is 10.8 Å². The first-order chi connectivity index (χ1) is 5.20. The number of hydrogen-bond acceptors (Lipinski definition) is 2. The van der Waals surface area contributed by atoms with E-state index in [9.17, 15) is 4.79 Å². The first kappa shape index (κ1) is 7.85. The van der Waals surface area contributed by atoms with Gasteiger partial charge in [0.1, 0.15) is 0 Å². The number of rotatable bonds is 2. The summed E-state index contributed by atoms with van der Waals surface area (Å²) in [7, 11) is 0. The highest BCUT2D eigenvalue weighted by molar-refractivity contribution is 5.70. The fourth-order valence-corrected chi connectivity index (χ4v) is 1.10. The van der Waals surface area contributed by atoms with Gasteiger partial charge in [0, 0.05) is 5.70 Å². The fourth-order valence-electron chi connectivity index (χ4n) is 1.10. The standard InChI is InChI=1S/C8H11NO2/c9-7-4-2-1-3-6(7)5-8(10)11/h2,4H,1,3,5,9H2,(H,10,11). The molecular weight excluding hydrogens is 142 g/mol. The van der Waals surface area contributed by atoms with E-state index < -0.39 is 5.97 Å². The molecule has 0 radical (unpaired) electrons. The quantitative estimate of drug-likeness (QED) is 0.622. The molecule has 0 atom stereocenters. The Hall–Kier alpha value is -1.25. The highest BCUT2D eigenvalue weighted by atomic mass is 16.4. The summed E-state index contributed by atoms with van der Waals surface area (Å²) in [6, 6.07) is 0. The van der Waals surface area contributed by atoms with Crippen LogP contribution in [-0.2, 0) is 4.79 Å². The number of carboxylic acid groups (broad SMARTS) is 1.